The molecule has 0 bridgehead atoms. The summed E-state index contributed by atoms with van der Waals surface area (Å²) in [5, 5.41) is 5.37. The van der Waals surface area contributed by atoms with E-state index in [1.54, 1.807) is 43.5 Å². The molecule has 9 nitrogen and oxygen atoms in total. The van der Waals surface area contributed by atoms with Gasteiger partial charge in [0.2, 0.25) is 0 Å². The Hall–Kier alpha value is -4.53. The monoisotopic (exact) mass is 478 g/mol. The Kier molecular flexibility index (Phi) is 8.66. The van der Waals surface area contributed by atoms with Gasteiger partial charge in [0.05, 0.1) is 25.5 Å². The van der Waals surface area contributed by atoms with E-state index in [0.717, 1.165) is 5.56 Å². The average molecular weight is 479 g/mol. The Labute approximate surface area is 203 Å². The van der Waals surface area contributed by atoms with E-state index in [1.807, 2.05) is 13.0 Å². The SMILES string of the molecule is COc1cccc(NC(=O)COc2ccc(C(=O)OCC(=O)Nc3cc(C)ccc3OC)cc2)c1. The van der Waals surface area contributed by atoms with Gasteiger partial charge in [-0.15, -0.1) is 0 Å². The molecule has 0 aliphatic rings. The smallest absolute Gasteiger partial charge is 0.338 e. The molecule has 3 aromatic carbocycles. The molecule has 0 saturated heterocycles. The maximum atomic E-state index is 12.3. The van der Waals surface area contributed by atoms with E-state index in [0.29, 0.717) is 28.6 Å². The van der Waals surface area contributed by atoms with Crippen molar-refractivity contribution >= 4 is 29.2 Å². The van der Waals surface area contributed by atoms with E-state index < -0.39 is 18.5 Å². The number of carbonyl (C=O) groups excluding carboxylic acids is 3. The van der Waals surface area contributed by atoms with Crippen LogP contribution in [0.1, 0.15) is 15.9 Å². The van der Waals surface area contributed by atoms with Gasteiger partial charge in [0.1, 0.15) is 17.2 Å². The highest BCUT2D eigenvalue weighted by Gasteiger charge is 2.13. The number of ether oxygens (including phenoxy) is 4. The standard InChI is InChI=1S/C26H26N2O7/c1-17-7-12-23(33-3)22(13-17)28-25(30)16-35-26(31)18-8-10-20(11-9-18)34-15-24(29)27-19-5-4-6-21(14-19)32-2/h4-14H,15-16H2,1-3H3,(H,27,29)(H,28,30). The summed E-state index contributed by atoms with van der Waals surface area (Å²) >= 11 is 0. The zero-order valence-corrected chi connectivity index (χ0v) is 19.6. The van der Waals surface area contributed by atoms with Crippen molar-refractivity contribution in [2.45, 2.75) is 6.92 Å². The number of rotatable bonds is 10. The summed E-state index contributed by atoms with van der Waals surface area (Å²) < 4.78 is 20.9. The number of esters is 1. The highest BCUT2D eigenvalue weighted by Crippen LogP contribution is 2.25. The third kappa shape index (κ3) is 7.50. The summed E-state index contributed by atoms with van der Waals surface area (Å²) in [6.45, 7) is 1.21. The van der Waals surface area contributed by atoms with Gasteiger partial charge in [0.15, 0.2) is 13.2 Å². The summed E-state index contributed by atoms with van der Waals surface area (Å²) in [5.41, 5.74) is 2.25. The number of amides is 2. The number of benzene rings is 3. The third-order valence-corrected chi connectivity index (χ3v) is 4.78. The average Bonchev–Trinajstić information content (AvgIpc) is 2.86. The molecule has 2 N–H and O–H groups in total. The van der Waals surface area contributed by atoms with Gasteiger partial charge < -0.3 is 29.6 Å². The summed E-state index contributed by atoms with van der Waals surface area (Å²) in [5.74, 6) is 0.00847. The Balaban J connectivity index is 1.45. The third-order valence-electron chi connectivity index (χ3n) is 4.78. The van der Waals surface area contributed by atoms with Crippen LogP contribution < -0.4 is 24.8 Å². The van der Waals surface area contributed by atoms with Crippen molar-refractivity contribution in [3.05, 3.63) is 77.9 Å². The van der Waals surface area contributed by atoms with Crippen LogP contribution in [-0.2, 0) is 14.3 Å². The second kappa shape index (κ2) is 12.1. The molecule has 0 atom stereocenters. The van der Waals surface area contributed by atoms with Gasteiger partial charge in [0.25, 0.3) is 11.8 Å². The number of nitrogens with one attached hydrogen (secondary N) is 2. The van der Waals surface area contributed by atoms with E-state index in [-0.39, 0.29) is 18.1 Å². The molecule has 0 heterocycles. The molecule has 0 unspecified atom stereocenters. The zero-order chi connectivity index (χ0) is 25.2. The molecule has 3 aromatic rings. The highest BCUT2D eigenvalue weighted by atomic mass is 16.5. The second-order valence-corrected chi connectivity index (χ2v) is 7.42. The molecular formula is C26H26N2O7. The van der Waals surface area contributed by atoms with E-state index in [4.69, 9.17) is 18.9 Å². The normalized spacial score (nSPS) is 10.1. The van der Waals surface area contributed by atoms with Crippen LogP contribution in [-0.4, -0.2) is 45.2 Å². The van der Waals surface area contributed by atoms with E-state index in [9.17, 15) is 14.4 Å². The number of methoxy groups -OCH3 is 2. The summed E-state index contributed by atoms with van der Waals surface area (Å²) in [6.07, 6.45) is 0. The predicted molar refractivity (Wildman–Crippen MR) is 130 cm³/mol. The van der Waals surface area contributed by atoms with Crippen LogP contribution in [0.5, 0.6) is 17.2 Å². The van der Waals surface area contributed by atoms with Crippen molar-refractivity contribution in [1.29, 1.82) is 0 Å². The highest BCUT2D eigenvalue weighted by molar-refractivity contribution is 5.96. The Morgan fingerprint density at radius 2 is 1.51 bits per heavy atom. The molecule has 0 aliphatic carbocycles. The van der Waals surface area contributed by atoms with Crippen molar-refractivity contribution in [1.82, 2.24) is 0 Å². The topological polar surface area (TPSA) is 112 Å². The molecule has 0 spiro atoms. The first-order chi connectivity index (χ1) is 16.9. The predicted octanol–water partition coefficient (Wildman–Crippen LogP) is 3.83. The van der Waals surface area contributed by atoms with Crippen molar-refractivity contribution in [2.24, 2.45) is 0 Å². The number of aryl methyl sites for hydroxylation is 1. The van der Waals surface area contributed by atoms with Crippen LogP contribution in [0.15, 0.2) is 66.7 Å². The van der Waals surface area contributed by atoms with Gasteiger partial charge in [-0.1, -0.05) is 12.1 Å². The first-order valence-electron chi connectivity index (χ1n) is 10.7. The first-order valence-corrected chi connectivity index (χ1v) is 10.7. The lowest BCUT2D eigenvalue weighted by Crippen LogP contribution is -2.21. The van der Waals surface area contributed by atoms with Gasteiger partial charge in [-0.2, -0.15) is 0 Å². The van der Waals surface area contributed by atoms with Crippen LogP contribution in [0.25, 0.3) is 0 Å². The second-order valence-electron chi connectivity index (χ2n) is 7.42. The lowest BCUT2D eigenvalue weighted by Gasteiger charge is -2.11. The van der Waals surface area contributed by atoms with Gasteiger partial charge in [-0.05, 0) is 61.0 Å². The fourth-order valence-electron chi connectivity index (χ4n) is 3.05. The molecule has 0 aromatic heterocycles. The minimum atomic E-state index is -0.668. The maximum Gasteiger partial charge on any atom is 0.338 e. The Bertz CT molecular complexity index is 1190. The fraction of sp³-hybridized carbons (Fsp3) is 0.192. The number of hydrogen-bond donors (Lipinski definition) is 2. The van der Waals surface area contributed by atoms with E-state index in [1.165, 1.54) is 31.4 Å². The summed E-state index contributed by atoms with van der Waals surface area (Å²) in [6, 6.07) is 18.3. The van der Waals surface area contributed by atoms with Crippen LogP contribution >= 0.6 is 0 Å². The van der Waals surface area contributed by atoms with E-state index in [2.05, 4.69) is 10.6 Å². The number of anilines is 2. The Morgan fingerprint density at radius 1 is 0.771 bits per heavy atom. The lowest BCUT2D eigenvalue weighted by atomic mass is 10.2. The minimum absolute atomic E-state index is 0.219. The van der Waals surface area contributed by atoms with Crippen LogP contribution in [0.3, 0.4) is 0 Å². The Morgan fingerprint density at radius 3 is 2.23 bits per heavy atom. The van der Waals surface area contributed by atoms with Crippen molar-refractivity contribution in [3.63, 3.8) is 0 Å². The van der Waals surface area contributed by atoms with Gasteiger partial charge >= 0.3 is 5.97 Å². The van der Waals surface area contributed by atoms with Gasteiger partial charge in [0, 0.05) is 11.8 Å². The summed E-state index contributed by atoms with van der Waals surface area (Å²) in [4.78, 5) is 36.6. The molecule has 0 aliphatic heterocycles. The number of carbonyl (C=O) groups is 3. The molecular weight excluding hydrogens is 452 g/mol. The molecule has 2 amide bonds. The molecule has 35 heavy (non-hydrogen) atoms. The quantitative estimate of drug-likeness (QED) is 0.426. The van der Waals surface area contributed by atoms with Crippen LogP contribution in [0, 0.1) is 6.92 Å². The van der Waals surface area contributed by atoms with Crippen LogP contribution in [0.2, 0.25) is 0 Å². The van der Waals surface area contributed by atoms with E-state index >= 15 is 0 Å². The molecule has 0 fully saturated rings. The van der Waals surface area contributed by atoms with Crippen molar-refractivity contribution < 1.29 is 33.3 Å². The molecule has 9 heteroatoms. The molecule has 182 valence electrons. The fourth-order valence-corrected chi connectivity index (χ4v) is 3.05. The lowest BCUT2D eigenvalue weighted by molar-refractivity contribution is -0.119. The van der Waals surface area contributed by atoms with Crippen molar-refractivity contribution in [2.75, 3.05) is 38.1 Å². The first kappa shape index (κ1) is 25.1. The largest absolute Gasteiger partial charge is 0.497 e. The van der Waals surface area contributed by atoms with Crippen LogP contribution in [0.4, 0.5) is 11.4 Å². The zero-order valence-electron chi connectivity index (χ0n) is 19.6. The molecule has 0 saturated carbocycles. The summed E-state index contributed by atoms with van der Waals surface area (Å²) in [7, 11) is 3.04. The minimum Gasteiger partial charge on any atom is -0.497 e. The molecule has 3 rings (SSSR count). The molecule has 0 radical (unpaired) electrons. The van der Waals surface area contributed by atoms with Gasteiger partial charge in [-0.25, -0.2) is 4.79 Å². The van der Waals surface area contributed by atoms with Crippen molar-refractivity contribution in [3.8, 4) is 17.2 Å². The maximum absolute atomic E-state index is 12.3. The number of hydrogen-bond acceptors (Lipinski definition) is 7. The van der Waals surface area contributed by atoms with Gasteiger partial charge in [-0.3, -0.25) is 9.59 Å².